The molecule has 0 aliphatic rings. The van der Waals surface area contributed by atoms with Gasteiger partial charge in [0, 0.05) is 20.7 Å². The number of rotatable bonds is 3. The van der Waals surface area contributed by atoms with E-state index in [9.17, 15) is 17.2 Å². The van der Waals surface area contributed by atoms with E-state index in [4.69, 9.17) is 0 Å². The van der Waals surface area contributed by atoms with Crippen molar-refractivity contribution in [1.82, 2.24) is 0 Å². The zero-order chi connectivity index (χ0) is 15.8. The van der Waals surface area contributed by atoms with E-state index in [-0.39, 0.29) is 10.2 Å². The zero-order valence-electron chi connectivity index (χ0n) is 10.6. The van der Waals surface area contributed by atoms with Crippen LogP contribution in [0.2, 0.25) is 0 Å². The normalized spacial score (nSPS) is 11.5. The third kappa shape index (κ3) is 3.61. The summed E-state index contributed by atoms with van der Waals surface area (Å²) in [6.45, 7) is 1.79. The van der Waals surface area contributed by atoms with Gasteiger partial charge >= 0.3 is 0 Å². The molecular weight excluding hydrogens is 432 g/mol. The highest BCUT2D eigenvalue weighted by atomic mass is 79.9. The van der Waals surface area contributed by atoms with Crippen LogP contribution in [0, 0.1) is 18.6 Å². The Hall–Kier alpha value is -0.990. The van der Waals surface area contributed by atoms with Gasteiger partial charge in [-0.3, -0.25) is 4.72 Å². The van der Waals surface area contributed by atoms with Gasteiger partial charge in [-0.1, -0.05) is 15.9 Å². The average Bonchev–Trinajstić information content (AvgIpc) is 2.31. The fourth-order valence-electron chi connectivity index (χ4n) is 1.70. The SMILES string of the molecule is Cc1cc(NS(=O)(=O)c2c(F)cc(F)cc2Br)ccc1Br. The van der Waals surface area contributed by atoms with Crippen LogP contribution in [0.15, 0.2) is 44.2 Å². The number of hydrogen-bond donors (Lipinski definition) is 1. The van der Waals surface area contributed by atoms with Crippen LogP contribution in [0.25, 0.3) is 0 Å². The van der Waals surface area contributed by atoms with Gasteiger partial charge in [0.25, 0.3) is 10.0 Å². The van der Waals surface area contributed by atoms with Crippen LogP contribution in [0.1, 0.15) is 5.56 Å². The molecule has 2 aromatic rings. The van der Waals surface area contributed by atoms with E-state index in [2.05, 4.69) is 36.6 Å². The highest BCUT2D eigenvalue weighted by molar-refractivity contribution is 9.10. The second-order valence-corrected chi connectivity index (χ2v) is 7.60. The Labute approximate surface area is 137 Å². The summed E-state index contributed by atoms with van der Waals surface area (Å²) < 4.78 is 54.2. The molecule has 3 nitrogen and oxygen atoms in total. The Morgan fingerprint density at radius 3 is 2.29 bits per heavy atom. The third-order valence-electron chi connectivity index (χ3n) is 2.64. The van der Waals surface area contributed by atoms with E-state index in [1.807, 2.05) is 0 Å². The first-order valence-corrected chi connectivity index (χ1v) is 8.71. The lowest BCUT2D eigenvalue weighted by molar-refractivity contribution is 0.548. The summed E-state index contributed by atoms with van der Waals surface area (Å²) in [5.74, 6) is -2.03. The number of aryl methyl sites for hydroxylation is 1. The maximum atomic E-state index is 13.8. The predicted molar refractivity (Wildman–Crippen MR) is 83.7 cm³/mol. The van der Waals surface area contributed by atoms with Crippen molar-refractivity contribution < 1.29 is 17.2 Å². The first kappa shape index (κ1) is 16.4. The molecule has 21 heavy (non-hydrogen) atoms. The van der Waals surface area contributed by atoms with Crippen LogP contribution >= 0.6 is 31.9 Å². The van der Waals surface area contributed by atoms with Crippen molar-refractivity contribution in [2.24, 2.45) is 0 Å². The summed E-state index contributed by atoms with van der Waals surface area (Å²) in [6.07, 6.45) is 0. The van der Waals surface area contributed by atoms with Crippen molar-refractivity contribution in [3.05, 3.63) is 56.5 Å². The minimum Gasteiger partial charge on any atom is -0.279 e. The van der Waals surface area contributed by atoms with Crippen LogP contribution in [-0.2, 0) is 10.0 Å². The van der Waals surface area contributed by atoms with E-state index >= 15 is 0 Å². The van der Waals surface area contributed by atoms with Crippen LogP contribution in [0.3, 0.4) is 0 Å². The number of sulfonamides is 1. The van der Waals surface area contributed by atoms with E-state index < -0.39 is 26.6 Å². The molecule has 0 amide bonds. The molecule has 0 saturated heterocycles. The maximum Gasteiger partial charge on any atom is 0.265 e. The standard InChI is InChI=1S/C13H9Br2F2NO2S/c1-7-4-9(2-3-10(7)14)18-21(19,20)13-11(15)5-8(16)6-12(13)17/h2-6,18H,1H3. The van der Waals surface area contributed by atoms with E-state index in [1.165, 1.54) is 6.07 Å². The number of nitrogens with one attached hydrogen (secondary N) is 1. The molecule has 1 N–H and O–H groups in total. The van der Waals surface area contributed by atoms with Crippen LogP contribution in [0.4, 0.5) is 14.5 Å². The Morgan fingerprint density at radius 2 is 1.71 bits per heavy atom. The number of anilines is 1. The summed E-state index contributed by atoms with van der Waals surface area (Å²) in [6, 6.07) is 6.21. The fourth-order valence-corrected chi connectivity index (χ4v) is 4.16. The molecule has 0 aliphatic carbocycles. The number of hydrogen-bond acceptors (Lipinski definition) is 2. The van der Waals surface area contributed by atoms with Gasteiger partial charge < -0.3 is 0 Å². The van der Waals surface area contributed by atoms with Gasteiger partial charge in [0.2, 0.25) is 0 Å². The molecule has 0 unspecified atom stereocenters. The molecule has 0 aliphatic heterocycles. The molecule has 0 spiro atoms. The van der Waals surface area contributed by atoms with Crippen molar-refractivity contribution in [1.29, 1.82) is 0 Å². The monoisotopic (exact) mass is 439 g/mol. The molecule has 0 aromatic heterocycles. The minimum absolute atomic E-state index is 0.179. The third-order valence-corrected chi connectivity index (χ3v) is 5.88. The van der Waals surface area contributed by atoms with Crippen molar-refractivity contribution in [3.63, 3.8) is 0 Å². The van der Waals surface area contributed by atoms with Gasteiger partial charge in [-0.25, -0.2) is 17.2 Å². The molecule has 8 heteroatoms. The molecule has 2 aromatic carbocycles. The molecule has 112 valence electrons. The van der Waals surface area contributed by atoms with Crippen molar-refractivity contribution >= 4 is 47.6 Å². The Kier molecular flexibility index (Phi) is 4.69. The second-order valence-electron chi connectivity index (χ2n) is 4.27. The highest BCUT2D eigenvalue weighted by Gasteiger charge is 2.24. The first-order chi connectivity index (χ1) is 9.70. The predicted octanol–water partition coefficient (Wildman–Crippen LogP) is 4.60. The minimum atomic E-state index is -4.17. The van der Waals surface area contributed by atoms with Gasteiger partial charge in [-0.2, -0.15) is 0 Å². The first-order valence-electron chi connectivity index (χ1n) is 5.64. The molecule has 0 fully saturated rings. The molecule has 0 saturated carbocycles. The zero-order valence-corrected chi connectivity index (χ0v) is 14.6. The summed E-state index contributed by atoms with van der Waals surface area (Å²) in [5.41, 5.74) is 1.10. The number of benzene rings is 2. The van der Waals surface area contributed by atoms with Gasteiger partial charge in [-0.05, 0) is 52.7 Å². The van der Waals surface area contributed by atoms with E-state index in [0.717, 1.165) is 16.1 Å². The van der Waals surface area contributed by atoms with Gasteiger partial charge in [0.05, 0.1) is 0 Å². The average molecular weight is 441 g/mol. The summed E-state index contributed by atoms with van der Waals surface area (Å²) in [4.78, 5) is -0.635. The van der Waals surface area contributed by atoms with Gasteiger partial charge in [0.1, 0.15) is 16.5 Å². The smallest absolute Gasteiger partial charge is 0.265 e. The van der Waals surface area contributed by atoms with Crippen molar-refractivity contribution in [3.8, 4) is 0 Å². The lowest BCUT2D eigenvalue weighted by atomic mass is 10.2. The topological polar surface area (TPSA) is 46.2 Å². The van der Waals surface area contributed by atoms with Crippen LogP contribution in [-0.4, -0.2) is 8.42 Å². The fraction of sp³-hybridized carbons (Fsp3) is 0.0769. The van der Waals surface area contributed by atoms with Crippen LogP contribution in [0.5, 0.6) is 0 Å². The Bertz CT molecular complexity index is 787. The summed E-state index contributed by atoms with van der Waals surface area (Å²) >= 11 is 6.17. The summed E-state index contributed by atoms with van der Waals surface area (Å²) in [7, 11) is -4.17. The van der Waals surface area contributed by atoms with Crippen molar-refractivity contribution in [2.75, 3.05) is 4.72 Å². The molecule has 0 atom stereocenters. The molecular formula is C13H9Br2F2NO2S. The van der Waals surface area contributed by atoms with E-state index in [0.29, 0.717) is 6.07 Å². The van der Waals surface area contributed by atoms with Gasteiger partial charge in [-0.15, -0.1) is 0 Å². The van der Waals surface area contributed by atoms with Crippen molar-refractivity contribution in [2.45, 2.75) is 11.8 Å². The largest absolute Gasteiger partial charge is 0.279 e. The van der Waals surface area contributed by atoms with E-state index in [1.54, 1.807) is 19.1 Å². The quantitative estimate of drug-likeness (QED) is 0.758. The second kappa shape index (κ2) is 6.02. The molecule has 0 radical (unpaired) electrons. The number of halogens is 4. The lowest BCUT2D eigenvalue weighted by Gasteiger charge is -2.11. The summed E-state index contributed by atoms with van der Waals surface area (Å²) in [5, 5.41) is 0. The van der Waals surface area contributed by atoms with Crippen LogP contribution < -0.4 is 4.72 Å². The molecule has 2 rings (SSSR count). The van der Waals surface area contributed by atoms with Gasteiger partial charge in [0.15, 0.2) is 0 Å². The maximum absolute atomic E-state index is 13.8. The highest BCUT2D eigenvalue weighted by Crippen LogP contribution is 2.29. The lowest BCUT2D eigenvalue weighted by Crippen LogP contribution is -2.15. The molecule has 0 heterocycles. The molecule has 0 bridgehead atoms. The Balaban J connectivity index is 2.46. The Morgan fingerprint density at radius 1 is 1.05 bits per heavy atom.